The summed E-state index contributed by atoms with van der Waals surface area (Å²) < 4.78 is 5.21. The zero-order valence-electron chi connectivity index (χ0n) is 12.9. The molecule has 0 fully saturated rings. The van der Waals surface area contributed by atoms with E-state index in [1.807, 2.05) is 52.0 Å². The smallest absolute Gasteiger partial charge is 0.227 e. The second-order valence-electron chi connectivity index (χ2n) is 6.12. The van der Waals surface area contributed by atoms with Gasteiger partial charge in [0.1, 0.15) is 0 Å². The Labute approximate surface area is 124 Å². The highest BCUT2D eigenvalue weighted by Gasteiger charge is 2.15. The van der Waals surface area contributed by atoms with Crippen molar-refractivity contribution in [3.8, 4) is 11.4 Å². The molecule has 2 rings (SSSR count). The van der Waals surface area contributed by atoms with Gasteiger partial charge in [-0.25, -0.2) is 0 Å². The molecule has 0 radical (unpaired) electrons. The molecule has 0 aliphatic heterocycles. The predicted octanol–water partition coefficient (Wildman–Crippen LogP) is 2.89. The fourth-order valence-corrected chi connectivity index (χ4v) is 1.99. The number of aromatic nitrogens is 2. The molecule has 0 spiro atoms. The van der Waals surface area contributed by atoms with Crippen LogP contribution in [0, 0.1) is 6.92 Å². The van der Waals surface area contributed by atoms with E-state index in [1.54, 1.807) is 0 Å². The van der Waals surface area contributed by atoms with Crippen molar-refractivity contribution in [1.29, 1.82) is 0 Å². The molecule has 2 aromatic rings. The Morgan fingerprint density at radius 3 is 2.67 bits per heavy atom. The minimum absolute atomic E-state index is 0.0156. The maximum absolute atomic E-state index is 11.8. The third-order valence-corrected chi connectivity index (χ3v) is 2.93. The SMILES string of the molecule is Cc1ccccc1-c1noc(CCC(=O)NC(C)(C)C)n1. The number of hydrogen-bond donors (Lipinski definition) is 1. The maximum Gasteiger partial charge on any atom is 0.227 e. The lowest BCUT2D eigenvalue weighted by atomic mass is 10.1. The van der Waals surface area contributed by atoms with E-state index >= 15 is 0 Å². The van der Waals surface area contributed by atoms with Crippen LogP contribution in [-0.2, 0) is 11.2 Å². The molecule has 1 N–H and O–H groups in total. The molecule has 0 saturated carbocycles. The first-order chi connectivity index (χ1) is 9.85. The van der Waals surface area contributed by atoms with E-state index in [0.717, 1.165) is 11.1 Å². The average Bonchev–Trinajstić information content (AvgIpc) is 2.83. The monoisotopic (exact) mass is 287 g/mol. The zero-order valence-corrected chi connectivity index (χ0v) is 12.9. The van der Waals surface area contributed by atoms with Gasteiger partial charge in [0.25, 0.3) is 0 Å². The second kappa shape index (κ2) is 6.08. The molecule has 1 amide bonds. The van der Waals surface area contributed by atoms with Crippen LogP contribution in [0.2, 0.25) is 0 Å². The topological polar surface area (TPSA) is 68.0 Å². The van der Waals surface area contributed by atoms with Crippen LogP contribution >= 0.6 is 0 Å². The van der Waals surface area contributed by atoms with Gasteiger partial charge in [0.15, 0.2) is 0 Å². The molecule has 5 nitrogen and oxygen atoms in total. The van der Waals surface area contributed by atoms with Crippen molar-refractivity contribution in [2.24, 2.45) is 0 Å². The zero-order chi connectivity index (χ0) is 15.5. The van der Waals surface area contributed by atoms with Crippen molar-refractivity contribution in [2.75, 3.05) is 0 Å². The number of rotatable bonds is 4. The first-order valence-corrected chi connectivity index (χ1v) is 7.05. The largest absolute Gasteiger partial charge is 0.351 e. The lowest BCUT2D eigenvalue weighted by Crippen LogP contribution is -2.40. The molecule has 0 atom stereocenters. The molecule has 0 aliphatic carbocycles. The summed E-state index contributed by atoms with van der Waals surface area (Å²) in [6, 6.07) is 7.87. The van der Waals surface area contributed by atoms with Crippen LogP contribution in [0.3, 0.4) is 0 Å². The van der Waals surface area contributed by atoms with Gasteiger partial charge in [-0.3, -0.25) is 4.79 Å². The van der Waals surface area contributed by atoms with Gasteiger partial charge in [0.2, 0.25) is 17.6 Å². The molecule has 1 aromatic heterocycles. The first-order valence-electron chi connectivity index (χ1n) is 7.05. The Morgan fingerprint density at radius 2 is 2.00 bits per heavy atom. The van der Waals surface area contributed by atoms with Crippen molar-refractivity contribution in [1.82, 2.24) is 15.5 Å². The number of aryl methyl sites for hydroxylation is 2. The van der Waals surface area contributed by atoms with E-state index in [-0.39, 0.29) is 11.4 Å². The Kier molecular flexibility index (Phi) is 4.40. The molecule has 0 saturated heterocycles. The fraction of sp³-hybridized carbons (Fsp3) is 0.438. The van der Waals surface area contributed by atoms with Crippen molar-refractivity contribution >= 4 is 5.91 Å². The summed E-state index contributed by atoms with van der Waals surface area (Å²) in [7, 11) is 0. The van der Waals surface area contributed by atoms with E-state index < -0.39 is 0 Å². The van der Waals surface area contributed by atoms with Gasteiger partial charge in [-0.2, -0.15) is 4.98 Å². The molecule has 0 bridgehead atoms. The number of amides is 1. The summed E-state index contributed by atoms with van der Waals surface area (Å²) in [6.45, 7) is 7.86. The van der Waals surface area contributed by atoms with Gasteiger partial charge in [-0.15, -0.1) is 0 Å². The van der Waals surface area contributed by atoms with Crippen LogP contribution in [0.1, 0.15) is 38.6 Å². The standard InChI is InChI=1S/C16H21N3O2/c1-11-7-5-6-8-12(11)15-17-14(21-19-15)10-9-13(20)18-16(2,3)4/h5-8H,9-10H2,1-4H3,(H,18,20). The van der Waals surface area contributed by atoms with Crippen LogP contribution in [-0.4, -0.2) is 21.6 Å². The Bertz CT molecular complexity index is 626. The third-order valence-electron chi connectivity index (χ3n) is 2.93. The van der Waals surface area contributed by atoms with E-state index in [4.69, 9.17) is 4.52 Å². The van der Waals surface area contributed by atoms with Gasteiger partial charge in [0, 0.05) is 23.9 Å². The van der Waals surface area contributed by atoms with Crippen molar-refractivity contribution in [2.45, 2.75) is 46.1 Å². The molecule has 1 aromatic carbocycles. The van der Waals surface area contributed by atoms with E-state index in [2.05, 4.69) is 15.5 Å². The molecule has 112 valence electrons. The number of nitrogens with one attached hydrogen (secondary N) is 1. The molecule has 21 heavy (non-hydrogen) atoms. The quantitative estimate of drug-likeness (QED) is 0.938. The first kappa shape index (κ1) is 15.2. The fourth-order valence-electron chi connectivity index (χ4n) is 1.99. The number of carbonyl (C=O) groups excluding carboxylic acids is 1. The van der Waals surface area contributed by atoms with Crippen LogP contribution in [0.4, 0.5) is 0 Å². The summed E-state index contributed by atoms with van der Waals surface area (Å²) in [5.74, 6) is 1.04. The Hall–Kier alpha value is -2.17. The van der Waals surface area contributed by atoms with Crippen LogP contribution < -0.4 is 5.32 Å². The average molecular weight is 287 g/mol. The number of nitrogens with zero attached hydrogens (tertiary/aromatic N) is 2. The number of benzene rings is 1. The van der Waals surface area contributed by atoms with Gasteiger partial charge < -0.3 is 9.84 Å². The normalized spacial score (nSPS) is 11.4. The maximum atomic E-state index is 11.8. The van der Waals surface area contributed by atoms with E-state index in [0.29, 0.717) is 24.6 Å². The highest BCUT2D eigenvalue weighted by molar-refractivity contribution is 5.76. The Morgan fingerprint density at radius 1 is 1.29 bits per heavy atom. The third kappa shape index (κ3) is 4.41. The summed E-state index contributed by atoms with van der Waals surface area (Å²) in [5, 5.41) is 6.89. The highest BCUT2D eigenvalue weighted by atomic mass is 16.5. The summed E-state index contributed by atoms with van der Waals surface area (Å²) in [4.78, 5) is 16.1. The van der Waals surface area contributed by atoms with Gasteiger partial charge in [-0.05, 0) is 33.3 Å². The number of carbonyl (C=O) groups is 1. The van der Waals surface area contributed by atoms with Crippen LogP contribution in [0.25, 0.3) is 11.4 Å². The lowest BCUT2D eigenvalue weighted by molar-refractivity contribution is -0.122. The van der Waals surface area contributed by atoms with Crippen molar-refractivity contribution in [3.63, 3.8) is 0 Å². The van der Waals surface area contributed by atoms with Crippen molar-refractivity contribution < 1.29 is 9.32 Å². The van der Waals surface area contributed by atoms with Crippen LogP contribution in [0.5, 0.6) is 0 Å². The van der Waals surface area contributed by atoms with E-state index in [9.17, 15) is 4.79 Å². The lowest BCUT2D eigenvalue weighted by Gasteiger charge is -2.20. The molecule has 1 heterocycles. The van der Waals surface area contributed by atoms with Gasteiger partial charge >= 0.3 is 0 Å². The number of hydrogen-bond acceptors (Lipinski definition) is 4. The second-order valence-corrected chi connectivity index (χ2v) is 6.12. The van der Waals surface area contributed by atoms with E-state index in [1.165, 1.54) is 0 Å². The minimum Gasteiger partial charge on any atom is -0.351 e. The van der Waals surface area contributed by atoms with Crippen molar-refractivity contribution in [3.05, 3.63) is 35.7 Å². The van der Waals surface area contributed by atoms with Gasteiger partial charge in [0.05, 0.1) is 0 Å². The highest BCUT2D eigenvalue weighted by Crippen LogP contribution is 2.20. The molecule has 5 heteroatoms. The molecular weight excluding hydrogens is 266 g/mol. The summed E-state index contributed by atoms with van der Waals surface area (Å²) in [5.41, 5.74) is 1.82. The Balaban J connectivity index is 1.98. The van der Waals surface area contributed by atoms with Gasteiger partial charge in [-0.1, -0.05) is 29.4 Å². The minimum atomic E-state index is -0.224. The van der Waals surface area contributed by atoms with Crippen LogP contribution in [0.15, 0.2) is 28.8 Å². The summed E-state index contributed by atoms with van der Waals surface area (Å²) in [6.07, 6.45) is 0.785. The molecule has 0 unspecified atom stereocenters. The molecule has 0 aliphatic rings. The summed E-state index contributed by atoms with van der Waals surface area (Å²) >= 11 is 0. The molecular formula is C16H21N3O2. The predicted molar refractivity (Wildman–Crippen MR) is 80.7 cm³/mol.